The van der Waals surface area contributed by atoms with E-state index < -0.39 is 18.8 Å². The van der Waals surface area contributed by atoms with Crippen LogP contribution in [0.15, 0.2) is 6.20 Å². The molecule has 0 unspecified atom stereocenters. The summed E-state index contributed by atoms with van der Waals surface area (Å²) in [5.74, 6) is 2.50. The fraction of sp³-hybridized carbons (Fsp3) is 0.533. The summed E-state index contributed by atoms with van der Waals surface area (Å²) >= 11 is 0. The van der Waals surface area contributed by atoms with Crippen molar-refractivity contribution in [3.8, 4) is 18.2 Å². The van der Waals surface area contributed by atoms with E-state index in [2.05, 4.69) is 15.9 Å². The predicted octanol–water partition coefficient (Wildman–Crippen LogP) is 2.11. The molecule has 0 atom stereocenters. The molecular formula is C15H22N3O4P. The second-order valence-electron chi connectivity index (χ2n) is 6.19. The molecule has 7 nitrogen and oxygen atoms in total. The molecule has 0 aliphatic heterocycles. The van der Waals surface area contributed by atoms with E-state index in [0.717, 1.165) is 0 Å². The van der Waals surface area contributed by atoms with E-state index >= 15 is 0 Å². The number of aromatic nitrogens is 2. The smallest absolute Gasteiger partial charge is 0.415 e. The average Bonchev–Trinajstić information content (AvgIpc) is 2.41. The lowest BCUT2D eigenvalue weighted by atomic mass is 10.2. The van der Waals surface area contributed by atoms with Crippen LogP contribution in [0.1, 0.15) is 20.8 Å². The van der Waals surface area contributed by atoms with E-state index in [9.17, 15) is 9.36 Å². The zero-order chi connectivity index (χ0) is 17.8. The Morgan fingerprint density at radius 1 is 1.43 bits per heavy atom. The third-order valence-corrected chi connectivity index (χ3v) is 3.73. The quantitative estimate of drug-likeness (QED) is 0.617. The number of hydrogen-bond donors (Lipinski definition) is 0. The van der Waals surface area contributed by atoms with Crippen molar-refractivity contribution in [1.82, 2.24) is 9.97 Å². The lowest BCUT2D eigenvalue weighted by Gasteiger charge is -2.26. The molecule has 1 amide bonds. The van der Waals surface area contributed by atoms with Gasteiger partial charge >= 0.3 is 6.09 Å². The number of amides is 1. The zero-order valence-corrected chi connectivity index (χ0v) is 15.2. The summed E-state index contributed by atoms with van der Waals surface area (Å²) in [4.78, 5) is 21.7. The van der Waals surface area contributed by atoms with Crippen LogP contribution in [0.5, 0.6) is 5.88 Å². The number of carbonyl (C=O) groups is 1. The van der Waals surface area contributed by atoms with Crippen molar-refractivity contribution in [2.75, 3.05) is 31.9 Å². The Kier molecular flexibility index (Phi) is 5.79. The number of hydrogen-bond acceptors (Lipinski definition) is 6. The molecule has 0 spiro atoms. The Morgan fingerprint density at radius 2 is 2.04 bits per heavy atom. The molecule has 0 radical (unpaired) electrons. The second kappa shape index (κ2) is 7.01. The first kappa shape index (κ1) is 19.0. The molecule has 1 aromatic rings. The van der Waals surface area contributed by atoms with Gasteiger partial charge in [0.05, 0.1) is 19.9 Å². The summed E-state index contributed by atoms with van der Waals surface area (Å²) in [5, 5.41) is 0. The summed E-state index contributed by atoms with van der Waals surface area (Å²) in [6.07, 6.45) is 6.06. The number of methoxy groups -OCH3 is 1. The molecule has 0 fully saturated rings. The highest BCUT2D eigenvalue weighted by molar-refractivity contribution is 7.69. The van der Waals surface area contributed by atoms with Crippen LogP contribution in [0, 0.1) is 12.3 Å². The van der Waals surface area contributed by atoms with Crippen molar-refractivity contribution in [3.05, 3.63) is 6.20 Å². The first-order valence-corrected chi connectivity index (χ1v) is 9.50. The van der Waals surface area contributed by atoms with Crippen molar-refractivity contribution in [1.29, 1.82) is 0 Å². The van der Waals surface area contributed by atoms with Crippen LogP contribution < -0.4 is 15.2 Å². The first-order valence-electron chi connectivity index (χ1n) is 6.90. The van der Waals surface area contributed by atoms with Gasteiger partial charge in [-0.15, -0.1) is 6.42 Å². The Bertz CT molecular complexity index is 670. The molecule has 0 saturated heterocycles. The molecule has 8 heteroatoms. The van der Waals surface area contributed by atoms with Crippen LogP contribution in [-0.4, -0.2) is 48.6 Å². The van der Waals surface area contributed by atoms with Crippen LogP contribution in [-0.2, 0) is 9.30 Å². The Hall–Kier alpha value is -2.06. The van der Waals surface area contributed by atoms with Gasteiger partial charge < -0.3 is 14.0 Å². The van der Waals surface area contributed by atoms with E-state index in [0.29, 0.717) is 0 Å². The number of rotatable bonds is 4. The minimum atomic E-state index is -2.66. The molecule has 1 aromatic heterocycles. The van der Waals surface area contributed by atoms with Crippen molar-refractivity contribution in [2.45, 2.75) is 26.4 Å². The third kappa shape index (κ3) is 5.26. The molecule has 1 heterocycles. The highest BCUT2D eigenvalue weighted by atomic mass is 31.2. The van der Waals surface area contributed by atoms with E-state index in [-0.39, 0.29) is 23.7 Å². The molecule has 0 saturated carbocycles. The monoisotopic (exact) mass is 339 g/mol. The van der Waals surface area contributed by atoms with E-state index in [1.165, 1.54) is 18.2 Å². The fourth-order valence-electron chi connectivity index (χ4n) is 1.60. The van der Waals surface area contributed by atoms with Crippen LogP contribution in [0.25, 0.3) is 0 Å². The molecule has 0 aliphatic carbocycles. The number of terminal acetylenes is 1. The van der Waals surface area contributed by atoms with E-state index in [4.69, 9.17) is 15.9 Å². The maximum absolute atomic E-state index is 12.3. The maximum Gasteiger partial charge on any atom is 0.415 e. The van der Waals surface area contributed by atoms with Gasteiger partial charge in [-0.05, 0) is 34.1 Å². The summed E-state index contributed by atoms with van der Waals surface area (Å²) in [6.45, 7) is 8.31. The molecular weight excluding hydrogens is 317 g/mol. The van der Waals surface area contributed by atoms with Gasteiger partial charge in [0.2, 0.25) is 5.88 Å². The van der Waals surface area contributed by atoms with Gasteiger partial charge in [0.15, 0.2) is 5.57 Å². The highest BCUT2D eigenvalue weighted by Gasteiger charge is 2.27. The largest absolute Gasteiger partial charge is 0.479 e. The minimum absolute atomic E-state index is 0.0378. The van der Waals surface area contributed by atoms with Crippen molar-refractivity contribution >= 4 is 24.5 Å². The molecule has 0 bridgehead atoms. The first-order chi connectivity index (χ1) is 10.5. The topological polar surface area (TPSA) is 81.6 Å². The summed E-state index contributed by atoms with van der Waals surface area (Å²) < 4.78 is 22.6. The van der Waals surface area contributed by atoms with Crippen LogP contribution in [0.3, 0.4) is 0 Å². The summed E-state index contributed by atoms with van der Waals surface area (Å²) in [7, 11) is -1.26. The molecule has 23 heavy (non-hydrogen) atoms. The zero-order valence-electron chi connectivity index (χ0n) is 14.3. The lowest BCUT2D eigenvalue weighted by molar-refractivity contribution is 0.0584. The second-order valence-corrected chi connectivity index (χ2v) is 9.29. The molecule has 0 aromatic carbocycles. The van der Waals surface area contributed by atoms with Gasteiger partial charge in [0, 0.05) is 0 Å². The van der Waals surface area contributed by atoms with Gasteiger partial charge in [-0.3, -0.25) is 4.90 Å². The molecule has 126 valence electrons. The van der Waals surface area contributed by atoms with Gasteiger partial charge in [-0.2, -0.15) is 4.98 Å². The molecule has 1 rings (SSSR count). The van der Waals surface area contributed by atoms with Crippen molar-refractivity contribution < 1.29 is 18.8 Å². The Labute approximate surface area is 136 Å². The Morgan fingerprint density at radius 3 is 2.48 bits per heavy atom. The highest BCUT2D eigenvalue weighted by Crippen LogP contribution is 2.35. The summed E-state index contributed by atoms with van der Waals surface area (Å²) in [5.41, 5.74) is -0.250. The minimum Gasteiger partial charge on any atom is -0.479 e. The van der Waals surface area contributed by atoms with Crippen molar-refractivity contribution in [2.24, 2.45) is 0 Å². The average molecular weight is 339 g/mol. The molecule has 0 N–H and O–H groups in total. The molecule has 0 aliphatic rings. The van der Waals surface area contributed by atoms with Crippen LogP contribution >= 0.6 is 7.14 Å². The normalized spacial score (nSPS) is 11.5. The van der Waals surface area contributed by atoms with Gasteiger partial charge in [0.1, 0.15) is 18.4 Å². The predicted molar refractivity (Wildman–Crippen MR) is 90.1 cm³/mol. The number of carbonyl (C=O) groups excluding carboxylic acids is 1. The van der Waals surface area contributed by atoms with Gasteiger partial charge in [0.25, 0.3) is 0 Å². The fourth-order valence-corrected chi connectivity index (χ4v) is 2.27. The standard InChI is InChI=1S/C15H22N3O4P/c1-8-9-18(14(19)22-15(2,3)4)11-10-16-13(23(6,7)20)17-12(11)21-5/h1,10H,9H2,2-7H3. The van der Waals surface area contributed by atoms with E-state index in [1.54, 1.807) is 34.1 Å². The lowest BCUT2D eigenvalue weighted by Crippen LogP contribution is -2.38. The SMILES string of the molecule is C#CCN(C(=O)OC(C)(C)C)c1cnc(P(C)(C)=O)nc1OC. The third-order valence-electron chi connectivity index (χ3n) is 2.55. The van der Waals surface area contributed by atoms with Gasteiger partial charge in [-0.1, -0.05) is 5.92 Å². The number of ether oxygens (including phenoxy) is 2. The number of anilines is 1. The van der Waals surface area contributed by atoms with Gasteiger partial charge in [-0.25, -0.2) is 9.78 Å². The summed E-state index contributed by atoms with van der Waals surface area (Å²) in [6, 6.07) is 0. The van der Waals surface area contributed by atoms with Crippen LogP contribution in [0.4, 0.5) is 10.5 Å². The van der Waals surface area contributed by atoms with Crippen molar-refractivity contribution in [3.63, 3.8) is 0 Å². The maximum atomic E-state index is 12.3. The van der Waals surface area contributed by atoms with Crippen LogP contribution in [0.2, 0.25) is 0 Å². The Balaban J connectivity index is 3.30. The van der Waals surface area contributed by atoms with E-state index in [1.807, 2.05) is 0 Å². The number of nitrogens with zero attached hydrogens (tertiary/aromatic N) is 3.